The summed E-state index contributed by atoms with van der Waals surface area (Å²) in [4.78, 5) is 34.9. The largest absolute Gasteiger partial charge is 0.416 e. The Hall–Kier alpha value is -3.05. The maximum atomic E-state index is 14.2. The van der Waals surface area contributed by atoms with Gasteiger partial charge in [0, 0.05) is 87.9 Å². The van der Waals surface area contributed by atoms with E-state index in [2.05, 4.69) is 9.80 Å². The Morgan fingerprint density at radius 2 is 1.40 bits per heavy atom. The van der Waals surface area contributed by atoms with Gasteiger partial charge in [-0.2, -0.15) is 13.2 Å². The quantitative estimate of drug-likeness (QED) is 0.370. The summed E-state index contributed by atoms with van der Waals surface area (Å²) < 4.78 is 69.5. The molecule has 4 aliphatic rings. The molecule has 3 atom stereocenters. The highest BCUT2D eigenvalue weighted by molar-refractivity contribution is 5.95. The molecule has 1 aliphatic carbocycles. The first-order chi connectivity index (χ1) is 21.4. The molecule has 2 amide bonds. The summed E-state index contributed by atoms with van der Waals surface area (Å²) in [6, 6.07) is 12.0. The average Bonchev–Trinajstić information content (AvgIpc) is 3.76. The molecule has 0 radical (unpaired) electrons. The number of piperidine rings is 1. The highest BCUT2D eigenvalue weighted by Crippen LogP contribution is 2.37. The lowest BCUT2D eigenvalue weighted by Gasteiger charge is -2.47. The van der Waals surface area contributed by atoms with E-state index in [0.717, 1.165) is 70.2 Å². The molecule has 244 valence electrons. The van der Waals surface area contributed by atoms with Crippen molar-refractivity contribution in [3.05, 3.63) is 70.8 Å². The molecule has 0 aromatic heterocycles. The Labute approximate surface area is 261 Å². The molecule has 6 nitrogen and oxygen atoms in total. The first-order valence-corrected chi connectivity index (χ1v) is 16.1. The van der Waals surface area contributed by atoms with Gasteiger partial charge in [-0.25, -0.2) is 8.78 Å². The van der Waals surface area contributed by atoms with Gasteiger partial charge in [0.05, 0.1) is 5.56 Å². The molecule has 3 saturated heterocycles. The second-order valence-electron chi connectivity index (χ2n) is 13.3. The fourth-order valence-electron chi connectivity index (χ4n) is 7.34. The van der Waals surface area contributed by atoms with Crippen LogP contribution in [0.4, 0.5) is 22.0 Å². The van der Waals surface area contributed by atoms with E-state index < -0.39 is 29.1 Å². The van der Waals surface area contributed by atoms with Crippen LogP contribution in [0.3, 0.4) is 0 Å². The Morgan fingerprint density at radius 3 is 2.02 bits per heavy atom. The van der Waals surface area contributed by atoms with Crippen molar-refractivity contribution in [3.63, 3.8) is 0 Å². The summed E-state index contributed by atoms with van der Waals surface area (Å²) in [6.45, 7) is 6.03. The van der Waals surface area contributed by atoms with Crippen LogP contribution in [0.2, 0.25) is 0 Å². The van der Waals surface area contributed by atoms with Crippen LogP contribution in [0.1, 0.15) is 66.1 Å². The van der Waals surface area contributed by atoms with Gasteiger partial charge >= 0.3 is 6.18 Å². The van der Waals surface area contributed by atoms with E-state index in [1.165, 1.54) is 0 Å². The number of carbonyl (C=O) groups excluding carboxylic acids is 2. The standard InChI is InChI=1S/C34H41F5N4O2/c1-33(35,36)26-18-25(19-27(20-26)34(37,38)39)32(45)43-12-10-28(21-30(43)17-23-5-3-2-4-6-23)40-13-15-41(16-14-40)29-9-11-42(22-29)31(44)24-7-8-24/h2-6,18-20,24,28-30H,7-17,21-22H2,1H3. The molecule has 0 spiro atoms. The molecule has 4 fully saturated rings. The number of piperazine rings is 1. The van der Waals surface area contributed by atoms with Gasteiger partial charge in [0.15, 0.2) is 0 Å². The smallest absolute Gasteiger partial charge is 0.341 e. The molecule has 3 aliphatic heterocycles. The van der Waals surface area contributed by atoms with E-state index in [9.17, 15) is 31.5 Å². The summed E-state index contributed by atoms with van der Waals surface area (Å²) in [5.74, 6) is -3.63. The van der Waals surface area contributed by atoms with Crippen molar-refractivity contribution in [2.24, 2.45) is 5.92 Å². The third-order valence-electron chi connectivity index (χ3n) is 10.1. The number of hydrogen-bond donors (Lipinski definition) is 0. The van der Waals surface area contributed by atoms with Crippen molar-refractivity contribution < 1.29 is 31.5 Å². The van der Waals surface area contributed by atoms with Crippen LogP contribution >= 0.6 is 0 Å². The minimum atomic E-state index is -4.86. The van der Waals surface area contributed by atoms with Crippen LogP contribution in [-0.4, -0.2) is 95.4 Å². The molecule has 45 heavy (non-hydrogen) atoms. The van der Waals surface area contributed by atoms with Crippen molar-refractivity contribution in [1.29, 1.82) is 0 Å². The molecule has 2 aromatic carbocycles. The van der Waals surface area contributed by atoms with Crippen molar-refractivity contribution in [2.45, 2.75) is 75.7 Å². The van der Waals surface area contributed by atoms with E-state index in [-0.39, 0.29) is 23.6 Å². The molecule has 3 unspecified atom stereocenters. The fourth-order valence-corrected chi connectivity index (χ4v) is 7.34. The number of amides is 2. The predicted octanol–water partition coefficient (Wildman–Crippen LogP) is 5.66. The number of halogens is 5. The third kappa shape index (κ3) is 7.35. The van der Waals surface area contributed by atoms with Crippen LogP contribution in [0.5, 0.6) is 0 Å². The SMILES string of the molecule is CC(F)(F)c1cc(C(=O)N2CCC(N3CCN(C4CCN(C(=O)C5CC5)C4)CC3)CC2Cc2ccccc2)cc(C(F)(F)F)c1. The molecule has 6 rings (SSSR count). The Bertz CT molecular complexity index is 1340. The van der Waals surface area contributed by atoms with Gasteiger partial charge in [-0.1, -0.05) is 30.3 Å². The van der Waals surface area contributed by atoms with Crippen molar-refractivity contribution in [2.75, 3.05) is 45.8 Å². The number of benzene rings is 2. The summed E-state index contributed by atoms with van der Waals surface area (Å²) in [6.07, 6.45) is -0.0130. The summed E-state index contributed by atoms with van der Waals surface area (Å²) in [5.41, 5.74) is -1.44. The number of nitrogens with zero attached hydrogens (tertiary/aromatic N) is 4. The van der Waals surface area contributed by atoms with E-state index >= 15 is 0 Å². The van der Waals surface area contributed by atoms with Crippen LogP contribution in [0.25, 0.3) is 0 Å². The lowest BCUT2D eigenvalue weighted by molar-refractivity contribution is -0.137. The lowest BCUT2D eigenvalue weighted by Crippen LogP contribution is -2.58. The van der Waals surface area contributed by atoms with Gasteiger partial charge in [-0.15, -0.1) is 0 Å². The van der Waals surface area contributed by atoms with Crippen molar-refractivity contribution >= 4 is 11.8 Å². The van der Waals surface area contributed by atoms with Crippen LogP contribution in [-0.2, 0) is 23.3 Å². The predicted molar refractivity (Wildman–Crippen MR) is 160 cm³/mol. The zero-order valence-corrected chi connectivity index (χ0v) is 25.6. The normalized spacial score (nSPS) is 25.5. The number of alkyl halides is 5. The minimum Gasteiger partial charge on any atom is -0.341 e. The molecule has 2 aromatic rings. The van der Waals surface area contributed by atoms with Crippen molar-refractivity contribution in [3.8, 4) is 0 Å². The monoisotopic (exact) mass is 632 g/mol. The molecule has 0 bridgehead atoms. The van der Waals surface area contributed by atoms with Gasteiger partial charge in [0.2, 0.25) is 5.91 Å². The maximum Gasteiger partial charge on any atom is 0.416 e. The highest BCUT2D eigenvalue weighted by Gasteiger charge is 2.41. The third-order valence-corrected chi connectivity index (χ3v) is 10.1. The Kier molecular flexibility index (Phi) is 8.95. The molecular formula is C34H41F5N4O2. The van der Waals surface area contributed by atoms with Crippen molar-refractivity contribution in [1.82, 2.24) is 19.6 Å². The summed E-state index contributed by atoms with van der Waals surface area (Å²) >= 11 is 0. The lowest BCUT2D eigenvalue weighted by atomic mass is 9.89. The summed E-state index contributed by atoms with van der Waals surface area (Å²) in [5, 5.41) is 0. The number of hydrogen-bond acceptors (Lipinski definition) is 4. The highest BCUT2D eigenvalue weighted by atomic mass is 19.4. The van der Waals surface area contributed by atoms with Gasteiger partial charge in [-0.3, -0.25) is 19.4 Å². The number of carbonyl (C=O) groups is 2. The Morgan fingerprint density at radius 1 is 0.778 bits per heavy atom. The zero-order valence-electron chi connectivity index (χ0n) is 25.6. The second kappa shape index (κ2) is 12.6. The van der Waals surface area contributed by atoms with E-state index in [1.807, 2.05) is 35.2 Å². The van der Waals surface area contributed by atoms with Crippen LogP contribution in [0.15, 0.2) is 48.5 Å². The maximum absolute atomic E-state index is 14.2. The Balaban J connectivity index is 1.15. The first-order valence-electron chi connectivity index (χ1n) is 16.1. The van der Waals surface area contributed by atoms with Gasteiger partial charge < -0.3 is 9.80 Å². The molecule has 11 heteroatoms. The van der Waals surface area contributed by atoms with E-state index in [4.69, 9.17) is 0 Å². The number of rotatable bonds is 7. The molecule has 1 saturated carbocycles. The van der Waals surface area contributed by atoms with E-state index in [0.29, 0.717) is 56.8 Å². The van der Waals surface area contributed by atoms with Gasteiger partial charge in [-0.05, 0) is 62.3 Å². The minimum absolute atomic E-state index is 0.193. The molecule has 3 heterocycles. The first kappa shape index (κ1) is 31.9. The topological polar surface area (TPSA) is 47.1 Å². The van der Waals surface area contributed by atoms with Crippen LogP contribution in [0, 0.1) is 5.92 Å². The second-order valence-corrected chi connectivity index (χ2v) is 13.3. The fraction of sp³-hybridized carbons (Fsp3) is 0.588. The number of likely N-dealkylation sites (tertiary alicyclic amines) is 2. The van der Waals surface area contributed by atoms with Gasteiger partial charge in [0.25, 0.3) is 11.8 Å². The summed E-state index contributed by atoms with van der Waals surface area (Å²) in [7, 11) is 0. The molecule has 0 N–H and O–H groups in total. The van der Waals surface area contributed by atoms with E-state index in [1.54, 1.807) is 4.90 Å². The zero-order chi connectivity index (χ0) is 31.9. The molecular weight excluding hydrogens is 591 g/mol. The average molecular weight is 633 g/mol. The van der Waals surface area contributed by atoms with Gasteiger partial charge in [0.1, 0.15) is 0 Å². The van der Waals surface area contributed by atoms with Crippen LogP contribution < -0.4 is 0 Å².